The van der Waals surface area contributed by atoms with Crippen LogP contribution in [0.5, 0.6) is 5.75 Å². The van der Waals surface area contributed by atoms with E-state index in [2.05, 4.69) is 43.6 Å². The largest absolute Gasteiger partial charge is 0.490 e. The predicted molar refractivity (Wildman–Crippen MR) is 194 cm³/mol. The van der Waals surface area contributed by atoms with Crippen LogP contribution in [0.3, 0.4) is 0 Å². The first-order valence-corrected chi connectivity index (χ1v) is 18.2. The van der Waals surface area contributed by atoms with Crippen molar-refractivity contribution in [3.05, 3.63) is 68.1 Å². The van der Waals surface area contributed by atoms with Crippen LogP contribution in [0.2, 0.25) is 0 Å². The molecule has 2 aromatic carbocycles. The minimum Gasteiger partial charge on any atom is -0.490 e. The molecule has 1 N–H and O–H groups in total. The zero-order valence-electron chi connectivity index (χ0n) is 29.4. The summed E-state index contributed by atoms with van der Waals surface area (Å²) in [5.41, 5.74) is 5.88. The average molecular weight is 692 g/mol. The fraction of sp³-hybridized carbons (Fsp3) is 0.541. The van der Waals surface area contributed by atoms with Gasteiger partial charge in [-0.2, -0.15) is 0 Å². The number of nitrogens with zero attached hydrogens (tertiary/aromatic N) is 4. The van der Waals surface area contributed by atoms with Gasteiger partial charge in [0.2, 0.25) is 0 Å². The second kappa shape index (κ2) is 15.5. The third kappa shape index (κ3) is 7.62. The maximum atomic E-state index is 13.9. The van der Waals surface area contributed by atoms with Crippen molar-refractivity contribution >= 4 is 40.6 Å². The predicted octanol–water partition coefficient (Wildman–Crippen LogP) is 4.94. The third-order valence-corrected chi connectivity index (χ3v) is 11.0. The van der Waals surface area contributed by atoms with Crippen LogP contribution in [0.1, 0.15) is 75.1 Å². The van der Waals surface area contributed by atoms with E-state index in [1.165, 1.54) is 12.1 Å². The second-order valence-corrected chi connectivity index (χ2v) is 14.5. The fourth-order valence-corrected chi connectivity index (χ4v) is 7.80. The molecule has 0 unspecified atom stereocenters. The molecule has 0 bridgehead atoms. The van der Waals surface area contributed by atoms with Crippen molar-refractivity contribution < 1.29 is 23.5 Å². The molecule has 0 spiro atoms. The summed E-state index contributed by atoms with van der Waals surface area (Å²) in [6.45, 7) is 10.6. The lowest BCUT2D eigenvalue weighted by atomic mass is 9.92. The molecule has 49 heavy (non-hydrogen) atoms. The van der Waals surface area contributed by atoms with Gasteiger partial charge in [-0.1, -0.05) is 0 Å². The summed E-state index contributed by atoms with van der Waals surface area (Å²) in [5.74, 6) is 0.00335. The van der Waals surface area contributed by atoms with Gasteiger partial charge in [-0.25, -0.2) is 9.10 Å². The second-order valence-electron chi connectivity index (χ2n) is 13.6. The zero-order chi connectivity index (χ0) is 34.7. The Balaban J connectivity index is 0.00000134. The van der Waals surface area contributed by atoms with Gasteiger partial charge >= 0.3 is 5.63 Å². The van der Waals surface area contributed by atoms with Crippen LogP contribution < -0.4 is 20.0 Å². The SMILES string of the molecule is COC.Cc1c(N2CCN(C)CC2)cc(C)c2c3c(c(=O)oc12)CN(C(=O)c1ccc(C(=O)NSN2CCCC2)c(OC2CCC2)c1)CC3. The van der Waals surface area contributed by atoms with Gasteiger partial charge < -0.3 is 28.6 Å². The molecule has 11 nitrogen and oxygen atoms in total. The van der Waals surface area contributed by atoms with Gasteiger partial charge in [-0.15, -0.1) is 0 Å². The first-order valence-electron chi connectivity index (χ1n) is 17.4. The Morgan fingerprint density at radius 3 is 2.33 bits per heavy atom. The van der Waals surface area contributed by atoms with E-state index in [1.807, 2.05) is 6.92 Å². The highest BCUT2D eigenvalue weighted by Gasteiger charge is 2.30. The van der Waals surface area contributed by atoms with Crippen LogP contribution in [0.25, 0.3) is 11.0 Å². The highest BCUT2D eigenvalue weighted by atomic mass is 32.2. The lowest BCUT2D eigenvalue weighted by molar-refractivity contribution is 0.0729. The smallest absolute Gasteiger partial charge is 0.341 e. The van der Waals surface area contributed by atoms with E-state index in [-0.39, 0.29) is 30.1 Å². The number of likely N-dealkylation sites (N-methyl/N-ethyl adjacent to an activating group) is 1. The maximum absolute atomic E-state index is 13.9. The molecule has 2 saturated heterocycles. The number of rotatable bonds is 7. The topological polar surface area (TPSA) is 108 Å². The van der Waals surface area contributed by atoms with Crippen LogP contribution in [0.4, 0.5) is 5.69 Å². The molecule has 264 valence electrons. The number of aryl methyl sites for hydroxylation is 2. The number of hydrogen-bond acceptors (Lipinski definition) is 10. The molecule has 0 atom stereocenters. The van der Waals surface area contributed by atoms with Gasteiger partial charge in [0.05, 0.1) is 23.8 Å². The number of hydrogen-bond donors (Lipinski definition) is 1. The summed E-state index contributed by atoms with van der Waals surface area (Å²) in [5, 5.41) is 0.996. The Labute approximate surface area is 293 Å². The number of ether oxygens (including phenoxy) is 2. The van der Waals surface area contributed by atoms with E-state index in [9.17, 15) is 14.4 Å². The standard InChI is InChI=1S/C35H43N5O5S.C2H6O/c1-22-19-29(38-17-15-37(3)16-18-38)23(2)32-31(22)26-11-14-39(21-28(26)35(43)45-32)34(42)24-9-10-27(30(20-24)44-25-7-6-8-25)33(41)36-46-40-12-4-5-13-40;1-3-2/h9-10,19-20,25H,4-8,11-18,21H2,1-3H3,(H,36,41);1-2H3. The molecule has 1 aromatic heterocycles. The van der Waals surface area contributed by atoms with Crippen molar-refractivity contribution in [1.82, 2.24) is 18.8 Å². The summed E-state index contributed by atoms with van der Waals surface area (Å²) in [6, 6.07) is 7.30. The monoisotopic (exact) mass is 691 g/mol. The van der Waals surface area contributed by atoms with Crippen LogP contribution in [-0.4, -0.2) is 99.1 Å². The first kappa shape index (κ1) is 35.3. The van der Waals surface area contributed by atoms with Gasteiger partial charge in [-0.05, 0) is 94.8 Å². The summed E-state index contributed by atoms with van der Waals surface area (Å²) >= 11 is 1.33. The highest BCUT2D eigenvalue weighted by molar-refractivity contribution is 7.95. The van der Waals surface area contributed by atoms with E-state index in [4.69, 9.17) is 9.15 Å². The molecule has 1 aliphatic carbocycles. The minimum absolute atomic E-state index is 0.0476. The van der Waals surface area contributed by atoms with Crippen LogP contribution in [0.15, 0.2) is 33.5 Å². The molecule has 3 aromatic rings. The van der Waals surface area contributed by atoms with Crippen LogP contribution >= 0.6 is 12.1 Å². The third-order valence-electron chi connectivity index (χ3n) is 10.1. The minimum atomic E-state index is -0.380. The van der Waals surface area contributed by atoms with E-state index < -0.39 is 0 Å². The number of amides is 2. The molecule has 4 aliphatic rings. The Bertz CT molecular complexity index is 1740. The maximum Gasteiger partial charge on any atom is 0.341 e. The summed E-state index contributed by atoms with van der Waals surface area (Å²) in [4.78, 5) is 46.9. The summed E-state index contributed by atoms with van der Waals surface area (Å²) < 4.78 is 21.6. The van der Waals surface area contributed by atoms with Crippen molar-refractivity contribution in [2.75, 3.05) is 72.0 Å². The van der Waals surface area contributed by atoms with Crippen molar-refractivity contribution in [2.45, 2.75) is 65.0 Å². The Kier molecular flexibility index (Phi) is 11.2. The Hall–Kier alpha value is -3.58. The lowest BCUT2D eigenvalue weighted by Gasteiger charge is -2.35. The van der Waals surface area contributed by atoms with Crippen LogP contribution in [-0.2, 0) is 17.7 Å². The molecular formula is C37H49N5O6S. The van der Waals surface area contributed by atoms with Crippen molar-refractivity contribution in [3.63, 3.8) is 0 Å². The van der Waals surface area contributed by atoms with E-state index in [0.29, 0.717) is 41.0 Å². The number of benzene rings is 2. The zero-order valence-corrected chi connectivity index (χ0v) is 30.2. The van der Waals surface area contributed by atoms with E-state index in [1.54, 1.807) is 37.3 Å². The molecule has 7 rings (SSSR count). The van der Waals surface area contributed by atoms with E-state index in [0.717, 1.165) is 99.1 Å². The molecule has 1 saturated carbocycles. The normalized spacial score (nSPS) is 18.5. The first-order chi connectivity index (χ1) is 23.7. The van der Waals surface area contributed by atoms with Crippen molar-refractivity contribution in [2.24, 2.45) is 0 Å². The van der Waals surface area contributed by atoms with Crippen LogP contribution in [0, 0.1) is 13.8 Å². The summed E-state index contributed by atoms with van der Waals surface area (Å²) in [7, 11) is 5.39. The van der Waals surface area contributed by atoms with Gasteiger partial charge in [0.25, 0.3) is 11.8 Å². The summed E-state index contributed by atoms with van der Waals surface area (Å²) in [6.07, 6.45) is 5.84. The lowest BCUT2D eigenvalue weighted by Crippen LogP contribution is -2.44. The van der Waals surface area contributed by atoms with Gasteiger partial charge in [0.15, 0.2) is 0 Å². The Morgan fingerprint density at radius 2 is 1.65 bits per heavy atom. The van der Waals surface area contributed by atoms with Gasteiger partial charge in [0.1, 0.15) is 11.3 Å². The number of nitrogens with one attached hydrogen (secondary N) is 1. The number of anilines is 1. The fourth-order valence-electron chi connectivity index (χ4n) is 7.03. The number of piperazine rings is 1. The Morgan fingerprint density at radius 1 is 0.939 bits per heavy atom. The number of carbonyl (C=O) groups excluding carboxylic acids is 2. The number of methoxy groups -OCH3 is 1. The molecule has 2 amide bonds. The number of carbonyl (C=O) groups is 2. The molecule has 3 fully saturated rings. The van der Waals surface area contributed by atoms with E-state index >= 15 is 0 Å². The average Bonchev–Trinajstić information content (AvgIpc) is 3.61. The van der Waals surface area contributed by atoms with Crippen molar-refractivity contribution in [3.8, 4) is 5.75 Å². The van der Waals surface area contributed by atoms with Gasteiger partial charge in [-0.3, -0.25) is 14.3 Å². The molecular weight excluding hydrogens is 643 g/mol. The van der Waals surface area contributed by atoms with Gasteiger partial charge in [0, 0.05) is 94.4 Å². The molecule has 3 aliphatic heterocycles. The molecule has 12 heteroatoms. The highest BCUT2D eigenvalue weighted by Crippen LogP contribution is 2.36. The molecule has 0 radical (unpaired) electrons. The van der Waals surface area contributed by atoms with Crippen molar-refractivity contribution in [1.29, 1.82) is 0 Å². The molecule has 4 heterocycles. The quantitative estimate of drug-likeness (QED) is 0.271. The number of fused-ring (bicyclic) bond motifs is 3.